The summed E-state index contributed by atoms with van der Waals surface area (Å²) in [6.07, 6.45) is 5.16. The summed E-state index contributed by atoms with van der Waals surface area (Å²) >= 11 is 3.43. The predicted molar refractivity (Wildman–Crippen MR) is 106 cm³/mol. The lowest BCUT2D eigenvalue weighted by Gasteiger charge is -2.23. The first kappa shape index (κ1) is 19.5. The molecule has 1 saturated heterocycles. The van der Waals surface area contributed by atoms with E-state index in [1.165, 1.54) is 0 Å². The van der Waals surface area contributed by atoms with E-state index in [4.69, 9.17) is 0 Å². The standard InChI is InChI=1S/C19H24BrN3O2S/c1-2-17-13-18(20)6-7-19(17)26(24,25)23-10-4-9-22(11-12-23)15-16-5-3-8-21-14-16/h3,5-8,13-14H,2,4,9-12,15H2,1H3. The van der Waals surface area contributed by atoms with Crippen LogP contribution >= 0.6 is 15.9 Å². The Kier molecular flexibility index (Phi) is 6.45. The summed E-state index contributed by atoms with van der Waals surface area (Å²) in [7, 11) is -3.47. The van der Waals surface area contributed by atoms with Crippen molar-refractivity contribution < 1.29 is 8.42 Å². The van der Waals surface area contributed by atoms with E-state index in [0.29, 0.717) is 24.4 Å². The van der Waals surface area contributed by atoms with E-state index in [0.717, 1.165) is 41.7 Å². The topological polar surface area (TPSA) is 53.5 Å². The highest BCUT2D eigenvalue weighted by molar-refractivity contribution is 9.10. The quantitative estimate of drug-likeness (QED) is 0.719. The molecule has 0 aliphatic carbocycles. The Bertz CT molecular complexity index is 843. The minimum atomic E-state index is -3.47. The maximum atomic E-state index is 13.2. The number of rotatable bonds is 5. The van der Waals surface area contributed by atoms with Gasteiger partial charge < -0.3 is 0 Å². The molecule has 0 spiro atoms. The Labute approximate surface area is 164 Å². The second-order valence-corrected chi connectivity index (χ2v) is 9.32. The molecule has 1 aromatic heterocycles. The summed E-state index contributed by atoms with van der Waals surface area (Å²) in [6, 6.07) is 9.42. The fourth-order valence-electron chi connectivity index (χ4n) is 3.31. The predicted octanol–water partition coefficient (Wildman–Crippen LogP) is 3.30. The van der Waals surface area contributed by atoms with E-state index in [1.54, 1.807) is 22.6 Å². The molecule has 0 unspecified atom stereocenters. The highest BCUT2D eigenvalue weighted by Gasteiger charge is 2.28. The van der Waals surface area contributed by atoms with Crippen LogP contribution in [0.2, 0.25) is 0 Å². The number of benzene rings is 1. The number of aryl methyl sites for hydroxylation is 1. The second-order valence-electron chi connectivity index (χ2n) is 6.50. The van der Waals surface area contributed by atoms with Crippen molar-refractivity contribution in [3.05, 3.63) is 58.3 Å². The van der Waals surface area contributed by atoms with Gasteiger partial charge >= 0.3 is 0 Å². The lowest BCUT2D eigenvalue weighted by molar-refractivity contribution is 0.278. The molecule has 1 aromatic carbocycles. The van der Waals surface area contributed by atoms with Crippen LogP contribution in [0.3, 0.4) is 0 Å². The van der Waals surface area contributed by atoms with Gasteiger partial charge in [0.25, 0.3) is 0 Å². The van der Waals surface area contributed by atoms with Crippen LogP contribution in [0, 0.1) is 0 Å². The maximum absolute atomic E-state index is 13.2. The van der Waals surface area contributed by atoms with Gasteiger partial charge in [0.1, 0.15) is 0 Å². The number of sulfonamides is 1. The molecule has 2 heterocycles. The molecule has 1 aliphatic rings. The first-order valence-electron chi connectivity index (χ1n) is 8.90. The molecule has 0 saturated carbocycles. The number of hydrogen-bond acceptors (Lipinski definition) is 4. The van der Waals surface area contributed by atoms with Crippen LogP contribution in [-0.4, -0.2) is 48.8 Å². The average Bonchev–Trinajstić information content (AvgIpc) is 2.88. The molecule has 26 heavy (non-hydrogen) atoms. The van der Waals surface area contributed by atoms with Crippen molar-refractivity contribution in [1.82, 2.24) is 14.2 Å². The average molecular weight is 438 g/mol. The molecule has 0 atom stereocenters. The SMILES string of the molecule is CCc1cc(Br)ccc1S(=O)(=O)N1CCCN(Cc2cccnc2)CC1. The zero-order valence-electron chi connectivity index (χ0n) is 14.9. The van der Waals surface area contributed by atoms with Gasteiger partial charge in [0.2, 0.25) is 10.0 Å². The Morgan fingerprint density at radius 3 is 2.73 bits per heavy atom. The van der Waals surface area contributed by atoms with Crippen LogP contribution in [-0.2, 0) is 23.0 Å². The van der Waals surface area contributed by atoms with Gasteiger partial charge in [-0.2, -0.15) is 4.31 Å². The minimum Gasteiger partial charge on any atom is -0.298 e. The summed E-state index contributed by atoms with van der Waals surface area (Å²) in [6.45, 7) is 5.49. The monoisotopic (exact) mass is 437 g/mol. The molecule has 140 valence electrons. The van der Waals surface area contributed by atoms with Gasteiger partial charge in [0.15, 0.2) is 0 Å². The van der Waals surface area contributed by atoms with Crippen LogP contribution in [0.1, 0.15) is 24.5 Å². The highest BCUT2D eigenvalue weighted by Crippen LogP contribution is 2.25. The zero-order valence-corrected chi connectivity index (χ0v) is 17.3. The van der Waals surface area contributed by atoms with Gasteiger partial charge in [-0.3, -0.25) is 9.88 Å². The second kappa shape index (κ2) is 8.61. The molecular weight excluding hydrogens is 414 g/mol. The van der Waals surface area contributed by atoms with E-state index >= 15 is 0 Å². The van der Waals surface area contributed by atoms with E-state index in [9.17, 15) is 8.42 Å². The van der Waals surface area contributed by atoms with Crippen molar-refractivity contribution in [2.75, 3.05) is 26.2 Å². The minimum absolute atomic E-state index is 0.434. The number of pyridine rings is 1. The number of halogens is 1. The summed E-state index contributed by atoms with van der Waals surface area (Å²) in [5, 5.41) is 0. The van der Waals surface area contributed by atoms with E-state index in [-0.39, 0.29) is 0 Å². The van der Waals surface area contributed by atoms with Gasteiger partial charge in [-0.05, 0) is 54.8 Å². The molecule has 0 amide bonds. The van der Waals surface area contributed by atoms with Crippen LogP contribution in [0.25, 0.3) is 0 Å². The van der Waals surface area contributed by atoms with Gasteiger partial charge in [-0.15, -0.1) is 0 Å². The van der Waals surface area contributed by atoms with Gasteiger partial charge in [-0.1, -0.05) is 28.9 Å². The summed E-state index contributed by atoms with van der Waals surface area (Å²) in [4.78, 5) is 6.89. The number of nitrogens with zero attached hydrogens (tertiary/aromatic N) is 3. The fraction of sp³-hybridized carbons (Fsp3) is 0.421. The van der Waals surface area contributed by atoms with E-state index < -0.39 is 10.0 Å². The molecule has 7 heteroatoms. The van der Waals surface area contributed by atoms with E-state index in [2.05, 4.69) is 31.9 Å². The number of hydrogen-bond donors (Lipinski definition) is 0. The molecule has 1 fully saturated rings. The lowest BCUT2D eigenvalue weighted by Crippen LogP contribution is -2.35. The Morgan fingerprint density at radius 1 is 1.15 bits per heavy atom. The van der Waals surface area contributed by atoms with Crippen LogP contribution in [0.4, 0.5) is 0 Å². The van der Waals surface area contributed by atoms with E-state index in [1.807, 2.05) is 25.3 Å². The van der Waals surface area contributed by atoms with Crippen LogP contribution in [0.15, 0.2) is 52.1 Å². The smallest absolute Gasteiger partial charge is 0.243 e. The molecule has 0 N–H and O–H groups in total. The van der Waals surface area contributed by atoms with Gasteiger partial charge in [0.05, 0.1) is 4.90 Å². The summed E-state index contributed by atoms with van der Waals surface area (Å²) in [5.74, 6) is 0. The molecule has 1 aliphatic heterocycles. The van der Waals surface area contributed by atoms with Gasteiger partial charge in [0, 0.05) is 43.0 Å². The maximum Gasteiger partial charge on any atom is 0.243 e. The Morgan fingerprint density at radius 2 is 2.00 bits per heavy atom. The lowest BCUT2D eigenvalue weighted by atomic mass is 10.2. The molecule has 0 radical (unpaired) electrons. The molecular formula is C19H24BrN3O2S. The third-order valence-electron chi connectivity index (χ3n) is 4.70. The molecule has 3 rings (SSSR count). The van der Waals surface area contributed by atoms with Crippen molar-refractivity contribution in [3.8, 4) is 0 Å². The third kappa shape index (κ3) is 4.52. The third-order valence-corrected chi connectivity index (χ3v) is 7.19. The van der Waals surface area contributed by atoms with Crippen molar-refractivity contribution >= 4 is 26.0 Å². The van der Waals surface area contributed by atoms with Crippen molar-refractivity contribution in [3.63, 3.8) is 0 Å². The normalized spacial score (nSPS) is 17.2. The summed E-state index contributed by atoms with van der Waals surface area (Å²) in [5.41, 5.74) is 2.01. The fourth-order valence-corrected chi connectivity index (χ4v) is 5.46. The Balaban J connectivity index is 1.74. The van der Waals surface area contributed by atoms with Crippen molar-refractivity contribution in [1.29, 1.82) is 0 Å². The molecule has 0 bridgehead atoms. The zero-order chi connectivity index (χ0) is 18.6. The molecule has 5 nitrogen and oxygen atoms in total. The first-order chi connectivity index (χ1) is 12.5. The summed E-state index contributed by atoms with van der Waals surface area (Å²) < 4.78 is 28.9. The Hall–Kier alpha value is -1.28. The van der Waals surface area contributed by atoms with Crippen LogP contribution in [0.5, 0.6) is 0 Å². The van der Waals surface area contributed by atoms with Crippen molar-refractivity contribution in [2.45, 2.75) is 31.2 Å². The number of aromatic nitrogens is 1. The van der Waals surface area contributed by atoms with Gasteiger partial charge in [-0.25, -0.2) is 8.42 Å². The largest absolute Gasteiger partial charge is 0.298 e. The first-order valence-corrected chi connectivity index (χ1v) is 11.1. The highest BCUT2D eigenvalue weighted by atomic mass is 79.9. The van der Waals surface area contributed by atoms with Crippen molar-refractivity contribution in [2.24, 2.45) is 0 Å². The molecule has 2 aromatic rings. The van der Waals surface area contributed by atoms with Crippen LogP contribution < -0.4 is 0 Å².